The highest BCUT2D eigenvalue weighted by atomic mass is 16.5. The minimum Gasteiger partial charge on any atom is -0.493 e. The Morgan fingerprint density at radius 3 is 2.54 bits per heavy atom. The van der Waals surface area contributed by atoms with Gasteiger partial charge in [-0.3, -0.25) is 4.79 Å². The summed E-state index contributed by atoms with van der Waals surface area (Å²) in [5.41, 5.74) is 7.30. The standard InChI is InChI=1S/C21H34N2O3/c1-15(2)14-23(21(24)13-17-6-5-7-18(17)22)11-10-16-8-9-19(25-3)20(12-16)26-4/h8-9,12,15,17-18H,5-7,10-11,13-14,22H2,1-4H3/t17-,18+/m0/s1. The summed E-state index contributed by atoms with van der Waals surface area (Å²) >= 11 is 0. The zero-order chi connectivity index (χ0) is 19.1. The van der Waals surface area contributed by atoms with E-state index in [9.17, 15) is 4.79 Å². The van der Waals surface area contributed by atoms with Crippen molar-refractivity contribution in [3.8, 4) is 11.5 Å². The summed E-state index contributed by atoms with van der Waals surface area (Å²) in [5.74, 6) is 2.48. The molecule has 5 heteroatoms. The van der Waals surface area contributed by atoms with Crippen LogP contribution in [0, 0.1) is 11.8 Å². The van der Waals surface area contributed by atoms with Crippen molar-refractivity contribution in [2.75, 3.05) is 27.3 Å². The number of amides is 1. The van der Waals surface area contributed by atoms with Gasteiger partial charge in [-0.25, -0.2) is 0 Å². The maximum atomic E-state index is 12.9. The number of methoxy groups -OCH3 is 2. The molecule has 1 saturated carbocycles. The Kier molecular flexibility index (Phi) is 7.76. The quantitative estimate of drug-likeness (QED) is 0.732. The highest BCUT2D eigenvalue weighted by Gasteiger charge is 2.28. The van der Waals surface area contributed by atoms with Crippen molar-refractivity contribution < 1.29 is 14.3 Å². The van der Waals surface area contributed by atoms with E-state index in [1.165, 1.54) is 0 Å². The molecule has 5 nitrogen and oxygen atoms in total. The summed E-state index contributed by atoms with van der Waals surface area (Å²) < 4.78 is 10.7. The number of hydrogen-bond acceptors (Lipinski definition) is 4. The van der Waals surface area contributed by atoms with Crippen LogP contribution >= 0.6 is 0 Å². The van der Waals surface area contributed by atoms with Crippen LogP contribution in [-0.4, -0.2) is 44.2 Å². The number of carbonyl (C=O) groups is 1. The average molecular weight is 363 g/mol. The lowest BCUT2D eigenvalue weighted by Crippen LogP contribution is -2.38. The Bertz CT molecular complexity index is 589. The van der Waals surface area contributed by atoms with Crippen molar-refractivity contribution in [1.29, 1.82) is 0 Å². The highest BCUT2D eigenvalue weighted by Crippen LogP contribution is 2.29. The minimum absolute atomic E-state index is 0.186. The predicted molar refractivity (Wildman–Crippen MR) is 105 cm³/mol. The second-order valence-electron chi connectivity index (χ2n) is 7.73. The summed E-state index contributed by atoms with van der Waals surface area (Å²) in [6.07, 6.45) is 4.66. The van der Waals surface area contributed by atoms with Crippen molar-refractivity contribution in [3.63, 3.8) is 0 Å². The van der Waals surface area contributed by atoms with Gasteiger partial charge in [0.25, 0.3) is 0 Å². The predicted octanol–water partition coefficient (Wildman–Crippen LogP) is 3.25. The molecule has 1 aliphatic rings. The minimum atomic E-state index is 0.186. The molecule has 146 valence electrons. The van der Waals surface area contributed by atoms with Crippen molar-refractivity contribution in [2.45, 2.75) is 52.0 Å². The van der Waals surface area contributed by atoms with Gasteiger partial charge in [0.1, 0.15) is 0 Å². The van der Waals surface area contributed by atoms with Crippen molar-refractivity contribution >= 4 is 5.91 Å². The molecule has 0 radical (unpaired) electrons. The summed E-state index contributed by atoms with van der Waals surface area (Å²) in [4.78, 5) is 14.9. The van der Waals surface area contributed by atoms with Crippen LogP contribution in [0.3, 0.4) is 0 Å². The first-order chi connectivity index (χ1) is 12.4. The molecule has 2 N–H and O–H groups in total. The number of rotatable bonds is 9. The van der Waals surface area contributed by atoms with E-state index in [2.05, 4.69) is 13.8 Å². The third kappa shape index (κ3) is 5.63. The summed E-state index contributed by atoms with van der Waals surface area (Å²) in [7, 11) is 3.27. The third-order valence-corrected chi connectivity index (χ3v) is 5.21. The molecule has 1 aromatic rings. The first kappa shape index (κ1) is 20.6. The van der Waals surface area contributed by atoms with Crippen LogP contribution in [-0.2, 0) is 11.2 Å². The lowest BCUT2D eigenvalue weighted by molar-refractivity contribution is -0.132. The fraction of sp³-hybridized carbons (Fsp3) is 0.667. The first-order valence-corrected chi connectivity index (χ1v) is 9.68. The summed E-state index contributed by atoms with van der Waals surface area (Å²) in [6, 6.07) is 6.13. The van der Waals surface area contributed by atoms with Crippen LogP contribution < -0.4 is 15.2 Å². The highest BCUT2D eigenvalue weighted by molar-refractivity contribution is 5.76. The van der Waals surface area contributed by atoms with E-state index in [0.29, 0.717) is 24.8 Å². The van der Waals surface area contributed by atoms with Gasteiger partial charge in [-0.2, -0.15) is 0 Å². The number of nitrogens with two attached hydrogens (primary N) is 1. The number of nitrogens with zero attached hydrogens (tertiary/aromatic N) is 1. The molecule has 0 saturated heterocycles. The number of benzene rings is 1. The molecule has 26 heavy (non-hydrogen) atoms. The molecule has 1 aromatic carbocycles. The van der Waals surface area contributed by atoms with E-state index in [1.54, 1.807) is 14.2 Å². The fourth-order valence-electron chi connectivity index (χ4n) is 3.73. The first-order valence-electron chi connectivity index (χ1n) is 9.68. The van der Waals surface area contributed by atoms with Crippen molar-refractivity contribution in [1.82, 2.24) is 4.90 Å². The smallest absolute Gasteiger partial charge is 0.222 e. The molecule has 2 atom stereocenters. The van der Waals surface area contributed by atoms with Gasteiger partial charge in [0.05, 0.1) is 14.2 Å². The number of ether oxygens (including phenoxy) is 2. The Labute approximate surface area is 157 Å². The molecule has 0 bridgehead atoms. The molecular weight excluding hydrogens is 328 g/mol. The zero-order valence-electron chi connectivity index (χ0n) is 16.7. The second-order valence-corrected chi connectivity index (χ2v) is 7.73. The second kappa shape index (κ2) is 9.81. The van der Waals surface area contributed by atoms with Gasteiger partial charge in [-0.05, 0) is 48.8 Å². The van der Waals surface area contributed by atoms with Gasteiger partial charge in [0.15, 0.2) is 11.5 Å². The molecule has 0 aliphatic heterocycles. The van der Waals surface area contributed by atoms with E-state index in [0.717, 1.165) is 49.3 Å². The monoisotopic (exact) mass is 362 g/mol. The van der Waals surface area contributed by atoms with E-state index >= 15 is 0 Å². The van der Waals surface area contributed by atoms with E-state index in [4.69, 9.17) is 15.2 Å². The van der Waals surface area contributed by atoms with Crippen LogP contribution in [0.4, 0.5) is 0 Å². The number of hydrogen-bond donors (Lipinski definition) is 1. The van der Waals surface area contributed by atoms with Crippen LogP contribution in [0.1, 0.15) is 45.1 Å². The number of carbonyl (C=O) groups excluding carboxylic acids is 1. The van der Waals surface area contributed by atoms with Gasteiger partial charge < -0.3 is 20.1 Å². The normalized spacial score (nSPS) is 19.6. The SMILES string of the molecule is COc1ccc(CCN(CC(C)C)C(=O)C[C@@H]2CCC[C@H]2N)cc1OC. The van der Waals surface area contributed by atoms with E-state index in [-0.39, 0.29) is 11.9 Å². The van der Waals surface area contributed by atoms with E-state index in [1.807, 2.05) is 23.1 Å². The molecule has 1 fully saturated rings. The Hall–Kier alpha value is -1.75. The molecular formula is C21H34N2O3. The lowest BCUT2D eigenvalue weighted by Gasteiger charge is -2.27. The summed E-state index contributed by atoms with van der Waals surface area (Å²) in [6.45, 7) is 5.80. The molecule has 1 aliphatic carbocycles. The average Bonchev–Trinajstić information content (AvgIpc) is 3.02. The van der Waals surface area contributed by atoms with Gasteiger partial charge in [-0.1, -0.05) is 26.3 Å². The molecule has 0 unspecified atom stereocenters. The Morgan fingerprint density at radius 1 is 1.23 bits per heavy atom. The van der Waals surface area contributed by atoms with Crippen molar-refractivity contribution in [3.05, 3.63) is 23.8 Å². The van der Waals surface area contributed by atoms with Gasteiger partial charge in [0.2, 0.25) is 5.91 Å². The van der Waals surface area contributed by atoms with Gasteiger partial charge in [0, 0.05) is 25.6 Å². The third-order valence-electron chi connectivity index (χ3n) is 5.21. The topological polar surface area (TPSA) is 64.8 Å². The fourth-order valence-corrected chi connectivity index (χ4v) is 3.73. The van der Waals surface area contributed by atoms with Gasteiger partial charge in [-0.15, -0.1) is 0 Å². The van der Waals surface area contributed by atoms with Crippen LogP contribution in [0.2, 0.25) is 0 Å². The molecule has 0 heterocycles. The Balaban J connectivity index is 1.99. The lowest BCUT2D eigenvalue weighted by atomic mass is 9.99. The molecule has 0 spiro atoms. The summed E-state index contributed by atoms with van der Waals surface area (Å²) in [5, 5.41) is 0. The maximum Gasteiger partial charge on any atom is 0.222 e. The largest absolute Gasteiger partial charge is 0.493 e. The van der Waals surface area contributed by atoms with Crippen LogP contribution in [0.15, 0.2) is 18.2 Å². The molecule has 0 aromatic heterocycles. The van der Waals surface area contributed by atoms with Gasteiger partial charge >= 0.3 is 0 Å². The van der Waals surface area contributed by atoms with E-state index < -0.39 is 0 Å². The maximum absolute atomic E-state index is 12.9. The molecule has 1 amide bonds. The molecule has 2 rings (SSSR count). The van der Waals surface area contributed by atoms with Crippen molar-refractivity contribution in [2.24, 2.45) is 17.6 Å². The zero-order valence-corrected chi connectivity index (χ0v) is 16.7. The van der Waals surface area contributed by atoms with Crippen LogP contribution in [0.5, 0.6) is 11.5 Å². The Morgan fingerprint density at radius 2 is 1.96 bits per heavy atom. The van der Waals surface area contributed by atoms with Crippen LogP contribution in [0.25, 0.3) is 0 Å².